The lowest BCUT2D eigenvalue weighted by Gasteiger charge is -2.16. The Hall–Kier alpha value is -1.73. The van der Waals surface area contributed by atoms with Gasteiger partial charge in [0.05, 0.1) is 6.42 Å². The first-order chi connectivity index (χ1) is 8.40. The molecule has 0 aliphatic carbocycles. The number of hydrogen-bond acceptors (Lipinski definition) is 6. The van der Waals surface area contributed by atoms with Crippen molar-refractivity contribution < 1.29 is 19.2 Å². The highest BCUT2D eigenvalue weighted by Crippen LogP contribution is 2.07. The van der Waals surface area contributed by atoms with Crippen molar-refractivity contribution in [1.82, 2.24) is 9.96 Å². The van der Waals surface area contributed by atoms with Gasteiger partial charge in [-0.3, -0.25) is 9.59 Å². The van der Waals surface area contributed by atoms with Crippen molar-refractivity contribution in [3.8, 4) is 0 Å². The Kier molecular flexibility index (Phi) is 4.99. The zero-order chi connectivity index (χ0) is 13.7. The molecule has 0 bridgehead atoms. The van der Waals surface area contributed by atoms with E-state index in [1.165, 1.54) is 0 Å². The van der Waals surface area contributed by atoms with Crippen LogP contribution in [0.3, 0.4) is 0 Å². The minimum Gasteiger partial charge on any atom is -0.330 e. The van der Waals surface area contributed by atoms with Gasteiger partial charge in [-0.25, -0.2) is 4.79 Å². The number of carbonyl (C=O) groups excluding carboxylic acids is 3. The number of nitrogens with two attached hydrogens (primary N) is 1. The van der Waals surface area contributed by atoms with Crippen LogP contribution in [-0.4, -0.2) is 54.4 Å². The van der Waals surface area contributed by atoms with Crippen molar-refractivity contribution in [3.05, 3.63) is 12.2 Å². The lowest BCUT2D eigenvalue weighted by Crippen LogP contribution is -2.36. The van der Waals surface area contributed by atoms with Gasteiger partial charge in [0, 0.05) is 18.2 Å². The maximum absolute atomic E-state index is 11.5. The average Bonchev–Trinajstić information content (AvgIpc) is 2.58. The van der Waals surface area contributed by atoms with Crippen LogP contribution >= 0.6 is 0 Å². The summed E-state index contributed by atoms with van der Waals surface area (Å²) >= 11 is 0. The van der Waals surface area contributed by atoms with Crippen LogP contribution in [0.4, 0.5) is 0 Å². The van der Waals surface area contributed by atoms with Gasteiger partial charge in [-0.2, -0.15) is 0 Å². The molecule has 0 radical (unpaired) electrons. The molecular formula is C11H17N3O4. The second-order valence-electron chi connectivity index (χ2n) is 4.32. The number of hydrogen-bond donors (Lipinski definition) is 1. The topological polar surface area (TPSA) is 92.9 Å². The summed E-state index contributed by atoms with van der Waals surface area (Å²) in [5.41, 5.74) is 5.73. The Morgan fingerprint density at radius 2 is 1.94 bits per heavy atom. The SMILES string of the molecule is CN(C)CCC(N)CC(=O)ON1C(=O)C=CC1=O. The van der Waals surface area contributed by atoms with Crippen LogP contribution in [0.1, 0.15) is 12.8 Å². The van der Waals surface area contributed by atoms with Crippen molar-refractivity contribution in [2.24, 2.45) is 5.73 Å². The third-order valence-corrected chi connectivity index (χ3v) is 2.34. The van der Waals surface area contributed by atoms with Crippen molar-refractivity contribution in [2.45, 2.75) is 18.9 Å². The maximum atomic E-state index is 11.5. The molecule has 1 rings (SSSR count). The summed E-state index contributed by atoms with van der Waals surface area (Å²) in [5.74, 6) is -2.00. The minimum atomic E-state index is -0.688. The van der Waals surface area contributed by atoms with E-state index < -0.39 is 17.8 Å². The molecular weight excluding hydrogens is 238 g/mol. The van der Waals surface area contributed by atoms with Gasteiger partial charge in [-0.1, -0.05) is 5.06 Å². The van der Waals surface area contributed by atoms with Gasteiger partial charge in [0.1, 0.15) is 0 Å². The molecule has 2 amide bonds. The summed E-state index contributed by atoms with van der Waals surface area (Å²) in [6, 6.07) is -0.360. The lowest BCUT2D eigenvalue weighted by atomic mass is 10.1. The van der Waals surface area contributed by atoms with Crippen LogP contribution in [0.5, 0.6) is 0 Å². The average molecular weight is 255 g/mol. The standard InChI is InChI=1S/C11H17N3O4/c1-13(2)6-5-8(12)7-11(17)18-14-9(15)3-4-10(14)16/h3-4,8H,5-7,12H2,1-2H3. The van der Waals surface area contributed by atoms with Crippen LogP contribution in [0, 0.1) is 0 Å². The van der Waals surface area contributed by atoms with Gasteiger partial charge >= 0.3 is 5.97 Å². The Morgan fingerprint density at radius 3 is 2.44 bits per heavy atom. The van der Waals surface area contributed by atoms with E-state index in [0.717, 1.165) is 18.7 Å². The molecule has 0 saturated heterocycles. The van der Waals surface area contributed by atoms with Crippen molar-refractivity contribution in [2.75, 3.05) is 20.6 Å². The second-order valence-corrected chi connectivity index (χ2v) is 4.32. The Balaban J connectivity index is 2.33. The Bertz CT molecular complexity index is 360. The molecule has 1 aliphatic heterocycles. The summed E-state index contributed by atoms with van der Waals surface area (Å²) in [6.07, 6.45) is 2.68. The molecule has 100 valence electrons. The number of carbonyl (C=O) groups is 3. The highest BCUT2D eigenvalue weighted by Gasteiger charge is 2.28. The molecule has 7 nitrogen and oxygen atoms in total. The van der Waals surface area contributed by atoms with Crippen LogP contribution in [-0.2, 0) is 19.2 Å². The van der Waals surface area contributed by atoms with Crippen LogP contribution in [0.2, 0.25) is 0 Å². The molecule has 1 heterocycles. The third-order valence-electron chi connectivity index (χ3n) is 2.34. The molecule has 0 aromatic carbocycles. The van der Waals surface area contributed by atoms with Crippen LogP contribution in [0.15, 0.2) is 12.2 Å². The first-order valence-corrected chi connectivity index (χ1v) is 5.57. The lowest BCUT2D eigenvalue weighted by molar-refractivity contribution is -0.196. The summed E-state index contributed by atoms with van der Waals surface area (Å²) < 4.78 is 0. The molecule has 18 heavy (non-hydrogen) atoms. The van der Waals surface area contributed by atoms with E-state index >= 15 is 0 Å². The van der Waals surface area contributed by atoms with Gasteiger partial charge in [0.2, 0.25) is 0 Å². The molecule has 0 aromatic heterocycles. The monoisotopic (exact) mass is 255 g/mol. The number of amides is 2. The molecule has 0 aromatic rings. The fourth-order valence-electron chi connectivity index (χ4n) is 1.36. The van der Waals surface area contributed by atoms with Crippen molar-refractivity contribution >= 4 is 17.8 Å². The van der Waals surface area contributed by atoms with Crippen molar-refractivity contribution in [1.29, 1.82) is 0 Å². The number of imide groups is 1. The van der Waals surface area contributed by atoms with Gasteiger partial charge in [0.15, 0.2) is 0 Å². The predicted octanol–water partition coefficient (Wildman–Crippen LogP) is -0.961. The highest BCUT2D eigenvalue weighted by molar-refractivity contribution is 6.12. The van der Waals surface area contributed by atoms with Gasteiger partial charge < -0.3 is 15.5 Å². The molecule has 2 N–H and O–H groups in total. The summed E-state index contributed by atoms with van der Waals surface area (Å²) in [5, 5.41) is 0.432. The Labute approximate surface area is 105 Å². The third kappa shape index (κ3) is 4.27. The van der Waals surface area contributed by atoms with Crippen LogP contribution in [0.25, 0.3) is 0 Å². The molecule has 1 aliphatic rings. The quantitative estimate of drug-likeness (QED) is 0.614. The molecule has 0 spiro atoms. The van der Waals surface area contributed by atoms with E-state index in [0.29, 0.717) is 11.5 Å². The molecule has 0 saturated carbocycles. The first-order valence-electron chi connectivity index (χ1n) is 5.57. The largest absolute Gasteiger partial charge is 0.334 e. The Morgan fingerprint density at radius 1 is 1.39 bits per heavy atom. The van der Waals surface area contributed by atoms with E-state index in [2.05, 4.69) is 4.84 Å². The van der Waals surface area contributed by atoms with Crippen LogP contribution < -0.4 is 5.73 Å². The number of nitrogens with zero attached hydrogens (tertiary/aromatic N) is 2. The predicted molar refractivity (Wildman–Crippen MR) is 62.8 cm³/mol. The number of rotatable bonds is 6. The fourth-order valence-corrected chi connectivity index (χ4v) is 1.36. The highest BCUT2D eigenvalue weighted by atomic mass is 16.7. The zero-order valence-corrected chi connectivity index (χ0v) is 10.5. The molecule has 1 unspecified atom stereocenters. The van der Waals surface area contributed by atoms with E-state index in [9.17, 15) is 14.4 Å². The van der Waals surface area contributed by atoms with E-state index in [1.54, 1.807) is 0 Å². The molecule has 0 fully saturated rings. The van der Waals surface area contributed by atoms with E-state index in [-0.39, 0.29) is 12.5 Å². The number of hydroxylamine groups is 2. The smallest absolute Gasteiger partial charge is 0.330 e. The molecule has 7 heteroatoms. The fraction of sp³-hybridized carbons (Fsp3) is 0.545. The molecule has 1 atom stereocenters. The minimum absolute atomic E-state index is 0.0368. The van der Waals surface area contributed by atoms with Gasteiger partial charge in [-0.05, 0) is 27.1 Å². The normalized spacial score (nSPS) is 16.6. The van der Waals surface area contributed by atoms with Gasteiger partial charge in [-0.15, -0.1) is 0 Å². The first kappa shape index (κ1) is 14.3. The zero-order valence-electron chi connectivity index (χ0n) is 10.5. The summed E-state index contributed by atoms with van der Waals surface area (Å²) in [4.78, 5) is 40.3. The summed E-state index contributed by atoms with van der Waals surface area (Å²) in [7, 11) is 3.80. The second kappa shape index (κ2) is 6.27. The summed E-state index contributed by atoms with van der Waals surface area (Å²) in [6.45, 7) is 0.748. The maximum Gasteiger partial charge on any atom is 0.334 e. The van der Waals surface area contributed by atoms with Gasteiger partial charge in [0.25, 0.3) is 11.8 Å². The van der Waals surface area contributed by atoms with E-state index in [4.69, 9.17) is 5.73 Å². The van der Waals surface area contributed by atoms with E-state index in [1.807, 2.05) is 19.0 Å². The van der Waals surface area contributed by atoms with Crippen molar-refractivity contribution in [3.63, 3.8) is 0 Å².